The first-order valence-electron chi connectivity index (χ1n) is 8.41. The smallest absolute Gasteiger partial charge is 0.253 e. The zero-order valence-electron chi connectivity index (χ0n) is 14.3. The molecule has 5 nitrogen and oxygen atoms in total. The van der Waals surface area contributed by atoms with Gasteiger partial charge in [0.2, 0.25) is 5.91 Å². The van der Waals surface area contributed by atoms with Gasteiger partial charge in [0.25, 0.3) is 5.91 Å². The molecule has 2 saturated heterocycles. The normalized spacial score (nSPS) is 25.6. The zero-order chi connectivity index (χ0) is 18.4. The summed E-state index contributed by atoms with van der Waals surface area (Å²) in [5, 5.41) is 9.93. The number of fused-ring (bicyclic) bond motifs is 1. The van der Waals surface area contributed by atoms with Crippen molar-refractivity contribution in [3.63, 3.8) is 0 Å². The van der Waals surface area contributed by atoms with Gasteiger partial charge < -0.3 is 14.9 Å². The molecule has 0 aliphatic carbocycles. The summed E-state index contributed by atoms with van der Waals surface area (Å²) >= 11 is 0. The molecule has 3 rings (SSSR count). The van der Waals surface area contributed by atoms with E-state index in [0.29, 0.717) is 26.2 Å². The average Bonchev–Trinajstić information content (AvgIpc) is 3.10. The Morgan fingerprint density at radius 1 is 1.20 bits per heavy atom. The van der Waals surface area contributed by atoms with Crippen LogP contribution in [0.2, 0.25) is 0 Å². The molecule has 1 aromatic rings. The van der Waals surface area contributed by atoms with Crippen molar-refractivity contribution < 1.29 is 23.5 Å². The van der Waals surface area contributed by atoms with Crippen molar-refractivity contribution in [2.75, 3.05) is 32.8 Å². The molecular weight excluding hydrogens is 330 g/mol. The quantitative estimate of drug-likeness (QED) is 0.897. The summed E-state index contributed by atoms with van der Waals surface area (Å²) < 4.78 is 26.4. The first kappa shape index (κ1) is 17.8. The van der Waals surface area contributed by atoms with E-state index < -0.39 is 17.0 Å². The highest BCUT2D eigenvalue weighted by molar-refractivity contribution is 5.94. The minimum absolute atomic E-state index is 0.0190. The van der Waals surface area contributed by atoms with E-state index in [-0.39, 0.29) is 35.8 Å². The van der Waals surface area contributed by atoms with Crippen LogP contribution in [0.3, 0.4) is 0 Å². The first-order valence-corrected chi connectivity index (χ1v) is 8.41. The average molecular weight is 352 g/mol. The molecule has 7 heteroatoms. The van der Waals surface area contributed by atoms with E-state index in [2.05, 4.69) is 0 Å². The molecule has 2 aliphatic heterocycles. The molecule has 2 aliphatic rings. The lowest BCUT2D eigenvalue weighted by Crippen LogP contribution is -2.41. The van der Waals surface area contributed by atoms with Crippen LogP contribution >= 0.6 is 0 Å². The molecule has 2 atom stereocenters. The number of amides is 2. The summed E-state index contributed by atoms with van der Waals surface area (Å²) in [6.07, 6.45) is 0. The molecule has 25 heavy (non-hydrogen) atoms. The van der Waals surface area contributed by atoms with Crippen molar-refractivity contribution in [1.82, 2.24) is 9.80 Å². The molecular formula is C18H22F2N2O3. The number of hydrogen-bond donors (Lipinski definition) is 1. The molecule has 0 bridgehead atoms. The van der Waals surface area contributed by atoms with Gasteiger partial charge in [-0.05, 0) is 18.2 Å². The van der Waals surface area contributed by atoms with E-state index in [4.69, 9.17) is 0 Å². The maximum absolute atomic E-state index is 13.4. The summed E-state index contributed by atoms with van der Waals surface area (Å²) in [4.78, 5) is 28.1. The van der Waals surface area contributed by atoms with Gasteiger partial charge in [-0.15, -0.1) is 0 Å². The summed E-state index contributed by atoms with van der Waals surface area (Å²) in [5.74, 6) is -2.53. The maximum atomic E-state index is 13.4. The Balaban J connectivity index is 1.76. The topological polar surface area (TPSA) is 60.9 Å². The minimum atomic E-state index is -1.06. The number of likely N-dealkylation sites (tertiary alicyclic amines) is 2. The third-order valence-corrected chi connectivity index (χ3v) is 5.33. The first-order chi connectivity index (χ1) is 11.8. The molecule has 2 fully saturated rings. The minimum Gasteiger partial charge on any atom is -0.396 e. The predicted octanol–water partition coefficient (Wildman–Crippen LogP) is 1.51. The second kappa shape index (κ2) is 6.37. The Kier molecular flexibility index (Phi) is 4.53. The van der Waals surface area contributed by atoms with Crippen molar-refractivity contribution >= 4 is 11.8 Å². The molecule has 2 heterocycles. The van der Waals surface area contributed by atoms with Crippen LogP contribution in [0.15, 0.2) is 18.2 Å². The van der Waals surface area contributed by atoms with E-state index in [1.807, 2.05) is 13.8 Å². The number of aliphatic hydroxyl groups is 1. The largest absolute Gasteiger partial charge is 0.396 e. The van der Waals surface area contributed by atoms with Gasteiger partial charge in [-0.3, -0.25) is 9.59 Å². The summed E-state index contributed by atoms with van der Waals surface area (Å²) in [6, 6.07) is 3.09. The van der Waals surface area contributed by atoms with Crippen LogP contribution < -0.4 is 0 Å². The van der Waals surface area contributed by atoms with Crippen molar-refractivity contribution in [2.24, 2.45) is 17.3 Å². The van der Waals surface area contributed by atoms with Crippen LogP contribution in [-0.4, -0.2) is 59.5 Å². The number of carbonyl (C=O) groups excluding carboxylic acids is 2. The fourth-order valence-electron chi connectivity index (χ4n) is 3.90. The fourth-order valence-corrected chi connectivity index (χ4v) is 3.90. The van der Waals surface area contributed by atoms with Gasteiger partial charge in [-0.25, -0.2) is 8.78 Å². The Labute approximate surface area is 145 Å². The molecule has 1 aromatic carbocycles. The van der Waals surface area contributed by atoms with Gasteiger partial charge in [0.15, 0.2) is 11.6 Å². The van der Waals surface area contributed by atoms with Crippen LogP contribution in [0, 0.1) is 28.9 Å². The molecule has 136 valence electrons. The number of nitrogens with zero attached hydrogens (tertiary/aromatic N) is 2. The summed E-state index contributed by atoms with van der Waals surface area (Å²) in [7, 11) is 0. The van der Waals surface area contributed by atoms with Gasteiger partial charge in [0, 0.05) is 49.0 Å². The van der Waals surface area contributed by atoms with E-state index in [9.17, 15) is 23.5 Å². The molecule has 1 N–H and O–H groups in total. The third kappa shape index (κ3) is 3.01. The van der Waals surface area contributed by atoms with Crippen molar-refractivity contribution in [1.29, 1.82) is 0 Å². The third-order valence-electron chi connectivity index (χ3n) is 5.33. The van der Waals surface area contributed by atoms with Crippen molar-refractivity contribution in [3.8, 4) is 0 Å². The fraction of sp³-hybridized carbons (Fsp3) is 0.556. The van der Waals surface area contributed by atoms with Gasteiger partial charge in [0.05, 0.1) is 6.61 Å². The number of benzene rings is 1. The van der Waals surface area contributed by atoms with Crippen LogP contribution in [0.5, 0.6) is 0 Å². The highest BCUT2D eigenvalue weighted by atomic mass is 19.2. The number of halogens is 2. The summed E-state index contributed by atoms with van der Waals surface area (Å²) in [6.45, 7) is 5.14. The SMILES string of the molecule is CC(C)C(=O)N1C[C@@H]2CN(C(=O)c3ccc(F)c(F)c3)C[C@]2(CO)C1. The van der Waals surface area contributed by atoms with Crippen LogP contribution in [0.1, 0.15) is 24.2 Å². The van der Waals surface area contributed by atoms with Gasteiger partial charge in [-0.1, -0.05) is 13.8 Å². The Morgan fingerprint density at radius 2 is 1.84 bits per heavy atom. The molecule has 2 amide bonds. The van der Waals surface area contributed by atoms with Crippen LogP contribution in [0.4, 0.5) is 8.78 Å². The van der Waals surface area contributed by atoms with Crippen LogP contribution in [0.25, 0.3) is 0 Å². The number of rotatable bonds is 3. The lowest BCUT2D eigenvalue weighted by atomic mass is 9.82. The Hall–Kier alpha value is -2.02. The predicted molar refractivity (Wildman–Crippen MR) is 86.7 cm³/mol. The molecule has 0 spiro atoms. The monoisotopic (exact) mass is 352 g/mol. The molecule has 0 unspecified atom stereocenters. The number of carbonyl (C=O) groups is 2. The van der Waals surface area contributed by atoms with Gasteiger partial charge in [-0.2, -0.15) is 0 Å². The second-order valence-corrected chi connectivity index (χ2v) is 7.41. The highest BCUT2D eigenvalue weighted by Crippen LogP contribution is 2.43. The Morgan fingerprint density at radius 3 is 2.40 bits per heavy atom. The zero-order valence-corrected chi connectivity index (χ0v) is 14.3. The lowest BCUT2D eigenvalue weighted by molar-refractivity contribution is -0.134. The number of aliphatic hydroxyl groups excluding tert-OH is 1. The number of hydrogen-bond acceptors (Lipinski definition) is 3. The van der Waals surface area contributed by atoms with E-state index in [0.717, 1.165) is 12.1 Å². The Bertz CT molecular complexity index is 710. The summed E-state index contributed by atoms with van der Waals surface area (Å²) in [5.41, 5.74) is -0.458. The van der Waals surface area contributed by atoms with Crippen molar-refractivity contribution in [3.05, 3.63) is 35.4 Å². The second-order valence-electron chi connectivity index (χ2n) is 7.41. The standard InChI is InChI=1S/C18H22F2N2O3/c1-11(2)16(24)21-6-13-7-22(9-18(13,8-21)10-23)17(25)12-3-4-14(19)15(20)5-12/h3-5,11,13,23H,6-10H2,1-2H3/t13-,18+/m1/s1. The van der Waals surface area contributed by atoms with E-state index in [1.165, 1.54) is 6.07 Å². The van der Waals surface area contributed by atoms with Gasteiger partial charge >= 0.3 is 0 Å². The molecule has 0 saturated carbocycles. The van der Waals surface area contributed by atoms with Crippen LogP contribution in [-0.2, 0) is 4.79 Å². The molecule has 0 aromatic heterocycles. The van der Waals surface area contributed by atoms with E-state index >= 15 is 0 Å². The van der Waals surface area contributed by atoms with E-state index in [1.54, 1.807) is 9.80 Å². The molecule has 0 radical (unpaired) electrons. The van der Waals surface area contributed by atoms with Gasteiger partial charge in [0.1, 0.15) is 0 Å². The van der Waals surface area contributed by atoms with Crippen molar-refractivity contribution in [2.45, 2.75) is 13.8 Å². The highest BCUT2D eigenvalue weighted by Gasteiger charge is 2.54. The lowest BCUT2D eigenvalue weighted by Gasteiger charge is -2.28. The maximum Gasteiger partial charge on any atom is 0.253 e.